The molecule has 1 aliphatic carbocycles. The lowest BCUT2D eigenvalue weighted by Gasteiger charge is -2.65. The fraction of sp³-hybridized carbons (Fsp3) is 0.640. The highest BCUT2D eigenvalue weighted by Gasteiger charge is 2.74. The van der Waals surface area contributed by atoms with Gasteiger partial charge in [0, 0.05) is 17.0 Å². The van der Waals surface area contributed by atoms with Gasteiger partial charge in [0.1, 0.15) is 40.2 Å². The number of phenolic OH excluding ortho intramolecular Hbond substituents is 1. The van der Waals surface area contributed by atoms with Crippen LogP contribution in [0.1, 0.15) is 58.6 Å². The summed E-state index contributed by atoms with van der Waals surface area (Å²) in [6, 6.07) is 2.92. The van der Waals surface area contributed by atoms with E-state index in [-0.39, 0.29) is 23.7 Å². The Morgan fingerprint density at radius 3 is 2.12 bits per heavy atom. The first-order valence-electron chi connectivity index (χ1n) is 11.5. The van der Waals surface area contributed by atoms with Crippen molar-refractivity contribution < 1.29 is 39.4 Å². The summed E-state index contributed by atoms with van der Waals surface area (Å²) in [7, 11) is 0. The number of aliphatic hydroxyl groups is 4. The van der Waals surface area contributed by atoms with E-state index in [1.165, 1.54) is 46.8 Å². The molecule has 1 aromatic carbocycles. The number of benzene rings is 1. The van der Waals surface area contributed by atoms with Crippen LogP contribution in [0.15, 0.2) is 21.3 Å². The van der Waals surface area contributed by atoms with Crippen LogP contribution in [0, 0.1) is 0 Å². The second-order valence-electron chi connectivity index (χ2n) is 10.6. The first-order valence-corrected chi connectivity index (χ1v) is 11.5. The van der Waals surface area contributed by atoms with Crippen LogP contribution in [0.3, 0.4) is 0 Å². The first-order chi connectivity index (χ1) is 15.6. The van der Waals surface area contributed by atoms with Crippen LogP contribution in [0.25, 0.3) is 11.0 Å². The molecule has 0 saturated carbocycles. The molecule has 0 bridgehead atoms. The number of aryl methyl sites for hydroxylation is 1. The number of ether oxygens (including phenoxy) is 2. The van der Waals surface area contributed by atoms with Crippen LogP contribution in [0.4, 0.5) is 0 Å². The number of hydrogen-bond donors (Lipinski definition) is 5. The van der Waals surface area contributed by atoms with Crippen molar-refractivity contribution in [3.63, 3.8) is 0 Å². The molecule has 1 aromatic heterocycles. The van der Waals surface area contributed by atoms with Crippen molar-refractivity contribution in [1.29, 1.82) is 0 Å². The highest BCUT2D eigenvalue weighted by atomic mass is 16.6. The lowest BCUT2D eigenvalue weighted by atomic mass is 9.58. The zero-order valence-electron chi connectivity index (χ0n) is 20.3. The van der Waals surface area contributed by atoms with Crippen LogP contribution >= 0.6 is 0 Å². The molecule has 0 radical (unpaired) electrons. The number of rotatable bonds is 4. The van der Waals surface area contributed by atoms with E-state index in [4.69, 9.17) is 13.9 Å². The summed E-state index contributed by atoms with van der Waals surface area (Å²) in [5, 5.41) is 54.9. The molecule has 5 atom stereocenters. The molecule has 0 amide bonds. The van der Waals surface area contributed by atoms with E-state index >= 15 is 0 Å². The minimum absolute atomic E-state index is 0.00490. The Balaban J connectivity index is 1.72. The predicted molar refractivity (Wildman–Crippen MR) is 123 cm³/mol. The van der Waals surface area contributed by atoms with Gasteiger partial charge in [-0.3, -0.25) is 0 Å². The van der Waals surface area contributed by atoms with Crippen molar-refractivity contribution in [3.05, 3.63) is 33.7 Å². The van der Waals surface area contributed by atoms with Crippen molar-refractivity contribution in [3.8, 4) is 11.5 Å². The van der Waals surface area contributed by atoms with Crippen molar-refractivity contribution in [1.82, 2.24) is 0 Å². The fourth-order valence-corrected chi connectivity index (χ4v) is 5.35. The monoisotopic (exact) mass is 478 g/mol. The van der Waals surface area contributed by atoms with E-state index in [9.17, 15) is 30.3 Å². The fourth-order valence-electron chi connectivity index (χ4n) is 5.35. The zero-order valence-corrected chi connectivity index (χ0v) is 20.3. The third kappa shape index (κ3) is 3.21. The van der Waals surface area contributed by atoms with Gasteiger partial charge < -0.3 is 39.4 Å². The molecule has 2 aromatic rings. The molecule has 1 saturated heterocycles. The van der Waals surface area contributed by atoms with E-state index in [0.717, 1.165) is 24.8 Å². The molecule has 1 aliphatic heterocycles. The summed E-state index contributed by atoms with van der Waals surface area (Å²) in [6.07, 6.45) is 3.23. The second kappa shape index (κ2) is 7.66. The van der Waals surface area contributed by atoms with Crippen molar-refractivity contribution in [2.45, 2.75) is 88.3 Å². The molecule has 9 nitrogen and oxygen atoms in total. The Morgan fingerprint density at radius 2 is 1.50 bits per heavy atom. The SMILES string of the molecule is CC1(CO)OC(C)(COc2cc3oc(=O)c4c(c3cc2O)CCCC4)C(C)(O)C(C)(O)C1(C)O. The van der Waals surface area contributed by atoms with E-state index in [2.05, 4.69) is 0 Å². The van der Waals surface area contributed by atoms with Gasteiger partial charge in [0.05, 0.1) is 6.61 Å². The molecular weight excluding hydrogens is 444 g/mol. The number of aliphatic hydroxyl groups excluding tert-OH is 1. The minimum Gasteiger partial charge on any atom is -0.504 e. The topological polar surface area (TPSA) is 150 Å². The van der Waals surface area contributed by atoms with Gasteiger partial charge in [-0.1, -0.05) is 0 Å². The molecular formula is C25H34O9. The van der Waals surface area contributed by atoms with E-state index in [0.29, 0.717) is 17.4 Å². The maximum Gasteiger partial charge on any atom is 0.339 e. The van der Waals surface area contributed by atoms with Gasteiger partial charge in [-0.15, -0.1) is 0 Å². The zero-order chi connectivity index (χ0) is 25.3. The Morgan fingerprint density at radius 1 is 0.912 bits per heavy atom. The van der Waals surface area contributed by atoms with E-state index < -0.39 is 40.2 Å². The molecule has 5 N–H and O–H groups in total. The molecule has 0 spiro atoms. The molecule has 9 heteroatoms. The van der Waals surface area contributed by atoms with Crippen LogP contribution in [0.2, 0.25) is 0 Å². The maximum absolute atomic E-state index is 12.5. The lowest BCUT2D eigenvalue weighted by Crippen LogP contribution is -2.85. The molecule has 2 heterocycles. The third-order valence-electron chi connectivity index (χ3n) is 8.51. The summed E-state index contributed by atoms with van der Waals surface area (Å²) >= 11 is 0. The van der Waals surface area contributed by atoms with Gasteiger partial charge in [0.2, 0.25) is 0 Å². The smallest absolute Gasteiger partial charge is 0.339 e. The predicted octanol–water partition coefficient (Wildman–Crippen LogP) is 1.55. The van der Waals surface area contributed by atoms with Gasteiger partial charge in [-0.05, 0) is 71.9 Å². The maximum atomic E-state index is 12.5. The number of fused-ring (bicyclic) bond motifs is 3. The van der Waals surface area contributed by atoms with Crippen molar-refractivity contribution in [2.24, 2.45) is 0 Å². The molecule has 1 fully saturated rings. The van der Waals surface area contributed by atoms with Crippen LogP contribution < -0.4 is 10.4 Å². The quantitative estimate of drug-likeness (QED) is 0.413. The number of phenols is 1. The Labute approximate surface area is 197 Å². The normalized spacial score (nSPS) is 38.0. The largest absolute Gasteiger partial charge is 0.504 e. The summed E-state index contributed by atoms with van der Waals surface area (Å²) in [5.74, 6) is -0.188. The standard InChI is InChI=1S/C25H34O9/c1-21(12-26)23(3,29)25(5,31)24(4,30)22(2,34-21)13-32-19-11-18-16(10-17(19)27)14-8-6-7-9-15(14)20(28)33-18/h10-11,26-27,29-31H,6-9,12-13H2,1-5H3. The van der Waals surface area contributed by atoms with E-state index in [1.807, 2.05) is 0 Å². The summed E-state index contributed by atoms with van der Waals surface area (Å²) in [6.45, 7) is 5.78. The van der Waals surface area contributed by atoms with Gasteiger partial charge in [0.15, 0.2) is 11.5 Å². The molecule has 5 unspecified atom stereocenters. The lowest BCUT2D eigenvalue weighted by molar-refractivity contribution is -0.405. The Bertz CT molecular complexity index is 1180. The van der Waals surface area contributed by atoms with Crippen molar-refractivity contribution in [2.75, 3.05) is 13.2 Å². The van der Waals surface area contributed by atoms with Gasteiger partial charge >= 0.3 is 5.63 Å². The minimum atomic E-state index is -2.12. The number of aromatic hydroxyl groups is 1. The van der Waals surface area contributed by atoms with Crippen LogP contribution in [0.5, 0.6) is 11.5 Å². The van der Waals surface area contributed by atoms with Gasteiger partial charge in [-0.25, -0.2) is 4.79 Å². The molecule has 188 valence electrons. The van der Waals surface area contributed by atoms with Gasteiger partial charge in [-0.2, -0.15) is 0 Å². The van der Waals surface area contributed by atoms with E-state index in [1.54, 1.807) is 0 Å². The highest BCUT2D eigenvalue weighted by molar-refractivity contribution is 5.85. The van der Waals surface area contributed by atoms with Crippen LogP contribution in [-0.4, -0.2) is 66.8 Å². The molecule has 2 aliphatic rings. The van der Waals surface area contributed by atoms with Crippen LogP contribution in [-0.2, 0) is 17.6 Å². The second-order valence-corrected chi connectivity index (χ2v) is 10.6. The molecule has 4 rings (SSSR count). The number of hydrogen-bond acceptors (Lipinski definition) is 9. The Hall–Kier alpha value is -2.17. The highest BCUT2D eigenvalue weighted by Crippen LogP contribution is 2.53. The average Bonchev–Trinajstić information content (AvgIpc) is 2.77. The summed E-state index contributed by atoms with van der Waals surface area (Å²) in [4.78, 5) is 12.5. The van der Waals surface area contributed by atoms with Gasteiger partial charge in [0.25, 0.3) is 0 Å². The summed E-state index contributed by atoms with van der Waals surface area (Å²) < 4.78 is 17.4. The molecule has 34 heavy (non-hydrogen) atoms. The Kier molecular flexibility index (Phi) is 5.62. The van der Waals surface area contributed by atoms with Crippen molar-refractivity contribution >= 4 is 11.0 Å². The average molecular weight is 479 g/mol. The summed E-state index contributed by atoms with van der Waals surface area (Å²) in [5.41, 5.74) is -8.07. The third-order valence-corrected chi connectivity index (χ3v) is 8.51. The first kappa shape index (κ1) is 24.9.